The Labute approximate surface area is 73.7 Å². The molecule has 68 valence electrons. The van der Waals surface area contributed by atoms with Crippen LogP contribution in [-0.2, 0) is 4.79 Å². The third-order valence-electron chi connectivity index (χ3n) is 4.19. The number of nitrogens with one attached hydrogen (secondary N) is 1. The van der Waals surface area contributed by atoms with Gasteiger partial charge in [-0.05, 0) is 25.2 Å². The number of carbonyl (C=O) groups excluding carboxylic acids is 1. The van der Waals surface area contributed by atoms with Crippen molar-refractivity contribution in [2.75, 3.05) is 0 Å². The van der Waals surface area contributed by atoms with Gasteiger partial charge in [-0.15, -0.1) is 0 Å². The first kappa shape index (κ1) is 8.09. The SMILES string of the molecule is CC1CC2(CC(=O)NC2C)C1C. The van der Waals surface area contributed by atoms with E-state index in [1.54, 1.807) is 0 Å². The summed E-state index contributed by atoms with van der Waals surface area (Å²) in [6, 6.07) is 0.399. The largest absolute Gasteiger partial charge is 0.353 e. The minimum Gasteiger partial charge on any atom is -0.353 e. The number of carbonyl (C=O) groups is 1. The lowest BCUT2D eigenvalue weighted by atomic mass is 9.52. The summed E-state index contributed by atoms with van der Waals surface area (Å²) in [5.41, 5.74) is 0.316. The number of hydrogen-bond acceptors (Lipinski definition) is 1. The van der Waals surface area contributed by atoms with Crippen molar-refractivity contribution in [3.05, 3.63) is 0 Å². The van der Waals surface area contributed by atoms with Crippen molar-refractivity contribution in [1.29, 1.82) is 0 Å². The van der Waals surface area contributed by atoms with E-state index in [2.05, 4.69) is 26.1 Å². The van der Waals surface area contributed by atoms with Crippen LogP contribution >= 0.6 is 0 Å². The maximum absolute atomic E-state index is 11.2. The van der Waals surface area contributed by atoms with E-state index in [9.17, 15) is 4.79 Å². The fraction of sp³-hybridized carbons (Fsp3) is 0.900. The molecule has 1 aliphatic carbocycles. The van der Waals surface area contributed by atoms with Crippen molar-refractivity contribution in [2.24, 2.45) is 17.3 Å². The summed E-state index contributed by atoms with van der Waals surface area (Å²) in [7, 11) is 0. The van der Waals surface area contributed by atoms with Crippen molar-refractivity contribution < 1.29 is 4.79 Å². The van der Waals surface area contributed by atoms with Crippen molar-refractivity contribution in [2.45, 2.75) is 39.7 Å². The van der Waals surface area contributed by atoms with Gasteiger partial charge in [0, 0.05) is 17.9 Å². The topological polar surface area (TPSA) is 29.1 Å². The van der Waals surface area contributed by atoms with Gasteiger partial charge >= 0.3 is 0 Å². The molecule has 2 fully saturated rings. The molecule has 1 saturated heterocycles. The molecule has 4 atom stereocenters. The molecule has 2 aliphatic rings. The van der Waals surface area contributed by atoms with E-state index in [-0.39, 0.29) is 5.91 Å². The van der Waals surface area contributed by atoms with Crippen molar-refractivity contribution in [3.63, 3.8) is 0 Å². The van der Waals surface area contributed by atoms with E-state index in [4.69, 9.17) is 0 Å². The minimum atomic E-state index is 0.251. The van der Waals surface area contributed by atoms with Crippen molar-refractivity contribution in [3.8, 4) is 0 Å². The number of rotatable bonds is 0. The second-order valence-electron chi connectivity index (χ2n) is 4.67. The maximum Gasteiger partial charge on any atom is 0.220 e. The first-order chi connectivity index (χ1) is 5.56. The summed E-state index contributed by atoms with van der Waals surface area (Å²) in [5, 5.41) is 3.02. The van der Waals surface area contributed by atoms with Crippen LogP contribution in [0.5, 0.6) is 0 Å². The summed E-state index contributed by atoms with van der Waals surface area (Å²) < 4.78 is 0. The van der Waals surface area contributed by atoms with Crippen LogP contribution < -0.4 is 5.32 Å². The molecule has 2 heteroatoms. The molecule has 1 N–H and O–H groups in total. The average Bonchev–Trinajstić information content (AvgIpc) is 2.29. The molecule has 4 unspecified atom stereocenters. The summed E-state index contributed by atoms with van der Waals surface area (Å²) in [4.78, 5) is 11.2. The van der Waals surface area contributed by atoms with Crippen LogP contribution in [0, 0.1) is 17.3 Å². The Morgan fingerprint density at radius 2 is 2.08 bits per heavy atom. The zero-order chi connectivity index (χ0) is 8.93. The summed E-state index contributed by atoms with van der Waals surface area (Å²) in [6.45, 7) is 6.71. The van der Waals surface area contributed by atoms with E-state index in [0.29, 0.717) is 17.4 Å². The molecule has 2 nitrogen and oxygen atoms in total. The highest BCUT2D eigenvalue weighted by Crippen LogP contribution is 2.57. The molecule has 1 spiro atoms. The Morgan fingerprint density at radius 1 is 1.42 bits per heavy atom. The first-order valence-electron chi connectivity index (χ1n) is 4.85. The third kappa shape index (κ3) is 0.782. The van der Waals surface area contributed by atoms with Crippen LogP contribution in [0.2, 0.25) is 0 Å². The van der Waals surface area contributed by atoms with Gasteiger partial charge in [-0.25, -0.2) is 0 Å². The van der Waals surface area contributed by atoms with Gasteiger partial charge < -0.3 is 5.32 Å². The van der Waals surface area contributed by atoms with Gasteiger partial charge in [-0.3, -0.25) is 4.79 Å². The smallest absolute Gasteiger partial charge is 0.220 e. The van der Waals surface area contributed by atoms with Crippen LogP contribution in [0.1, 0.15) is 33.6 Å². The highest BCUT2D eigenvalue weighted by molar-refractivity contribution is 5.80. The Hall–Kier alpha value is -0.530. The van der Waals surface area contributed by atoms with Gasteiger partial charge in [0.25, 0.3) is 0 Å². The summed E-state index contributed by atoms with van der Waals surface area (Å²) in [5.74, 6) is 1.77. The van der Waals surface area contributed by atoms with Crippen LogP contribution in [0.15, 0.2) is 0 Å². The molecule has 1 heterocycles. The van der Waals surface area contributed by atoms with Gasteiger partial charge in [0.05, 0.1) is 0 Å². The fourth-order valence-corrected chi connectivity index (χ4v) is 3.06. The predicted molar refractivity (Wildman–Crippen MR) is 47.6 cm³/mol. The van der Waals surface area contributed by atoms with E-state index in [1.165, 1.54) is 6.42 Å². The van der Waals surface area contributed by atoms with Crippen molar-refractivity contribution in [1.82, 2.24) is 5.32 Å². The molecule has 0 aromatic heterocycles. The van der Waals surface area contributed by atoms with Crippen LogP contribution in [0.25, 0.3) is 0 Å². The van der Waals surface area contributed by atoms with Gasteiger partial charge in [0.15, 0.2) is 0 Å². The summed E-state index contributed by atoms with van der Waals surface area (Å²) >= 11 is 0. The van der Waals surface area contributed by atoms with Gasteiger partial charge in [0.1, 0.15) is 0 Å². The third-order valence-corrected chi connectivity index (χ3v) is 4.19. The molecule has 0 radical (unpaired) electrons. The Morgan fingerprint density at radius 3 is 2.42 bits per heavy atom. The Balaban J connectivity index is 2.18. The lowest BCUT2D eigenvalue weighted by Crippen LogP contribution is -2.51. The molecule has 0 bridgehead atoms. The van der Waals surface area contributed by atoms with E-state index in [0.717, 1.165) is 12.3 Å². The van der Waals surface area contributed by atoms with E-state index < -0.39 is 0 Å². The Kier molecular flexibility index (Phi) is 1.51. The summed E-state index contributed by atoms with van der Waals surface area (Å²) in [6.07, 6.45) is 1.99. The van der Waals surface area contributed by atoms with Gasteiger partial charge in [0.2, 0.25) is 5.91 Å². The second kappa shape index (κ2) is 2.24. The lowest BCUT2D eigenvalue weighted by molar-refractivity contribution is -0.121. The molecule has 0 aromatic carbocycles. The first-order valence-corrected chi connectivity index (χ1v) is 4.85. The van der Waals surface area contributed by atoms with Crippen LogP contribution in [0.3, 0.4) is 0 Å². The van der Waals surface area contributed by atoms with Gasteiger partial charge in [-0.2, -0.15) is 0 Å². The highest BCUT2D eigenvalue weighted by Gasteiger charge is 2.56. The molecule has 1 aliphatic heterocycles. The average molecular weight is 167 g/mol. The zero-order valence-electron chi connectivity index (χ0n) is 8.05. The molecule has 1 saturated carbocycles. The Bertz CT molecular complexity index is 226. The minimum absolute atomic E-state index is 0.251. The molecule has 2 rings (SSSR count). The zero-order valence-corrected chi connectivity index (χ0v) is 8.05. The molecule has 12 heavy (non-hydrogen) atoms. The number of hydrogen-bond donors (Lipinski definition) is 1. The normalized spacial score (nSPS) is 52.2. The second-order valence-corrected chi connectivity index (χ2v) is 4.67. The molecule has 0 aromatic rings. The van der Waals surface area contributed by atoms with Gasteiger partial charge in [-0.1, -0.05) is 13.8 Å². The lowest BCUT2D eigenvalue weighted by Gasteiger charge is -2.52. The predicted octanol–water partition coefficient (Wildman–Crippen LogP) is 1.56. The molecular weight excluding hydrogens is 150 g/mol. The highest BCUT2D eigenvalue weighted by atomic mass is 16.2. The van der Waals surface area contributed by atoms with E-state index in [1.807, 2.05) is 0 Å². The molecular formula is C10H17NO. The maximum atomic E-state index is 11.2. The van der Waals surface area contributed by atoms with E-state index >= 15 is 0 Å². The standard InChI is InChI=1S/C10H17NO/c1-6-4-10(7(6)2)5-9(12)11-8(10)3/h6-8H,4-5H2,1-3H3,(H,11,12). The monoisotopic (exact) mass is 167 g/mol. The quantitative estimate of drug-likeness (QED) is 0.583. The van der Waals surface area contributed by atoms with Crippen LogP contribution in [0.4, 0.5) is 0 Å². The van der Waals surface area contributed by atoms with Crippen LogP contribution in [-0.4, -0.2) is 11.9 Å². The molecule has 1 amide bonds. The fourth-order valence-electron chi connectivity index (χ4n) is 3.06. The number of amides is 1. The van der Waals surface area contributed by atoms with Crippen molar-refractivity contribution >= 4 is 5.91 Å².